The van der Waals surface area contributed by atoms with E-state index in [0.717, 1.165) is 30.5 Å². The van der Waals surface area contributed by atoms with Crippen molar-refractivity contribution in [1.82, 2.24) is 34.5 Å². The van der Waals surface area contributed by atoms with Crippen LogP contribution in [0.3, 0.4) is 0 Å². The second-order valence-corrected chi connectivity index (χ2v) is 8.93. The number of carbonyl (C=O) groups excluding carboxylic acids is 1. The summed E-state index contributed by atoms with van der Waals surface area (Å²) < 4.78 is 9.15. The number of carbonyl (C=O) groups is 1. The molecule has 35 heavy (non-hydrogen) atoms. The van der Waals surface area contributed by atoms with Crippen LogP contribution in [0.2, 0.25) is 0 Å². The fourth-order valence-electron chi connectivity index (χ4n) is 4.93. The molecule has 5 rings (SSSR count). The van der Waals surface area contributed by atoms with Gasteiger partial charge in [-0.05, 0) is 18.9 Å². The highest BCUT2D eigenvalue weighted by molar-refractivity contribution is 5.75. The molecule has 1 N–H and O–H groups in total. The van der Waals surface area contributed by atoms with Gasteiger partial charge in [-0.2, -0.15) is 20.7 Å². The minimum absolute atomic E-state index is 0.0452. The van der Waals surface area contributed by atoms with Gasteiger partial charge in [-0.1, -0.05) is 0 Å². The van der Waals surface area contributed by atoms with Crippen molar-refractivity contribution >= 4 is 11.5 Å². The smallest absolute Gasteiger partial charge is 0.320 e. The maximum Gasteiger partial charge on any atom is 0.320 e. The minimum atomic E-state index is 0.0452. The van der Waals surface area contributed by atoms with Crippen molar-refractivity contribution in [2.45, 2.75) is 31.3 Å². The van der Waals surface area contributed by atoms with E-state index in [-0.39, 0.29) is 18.1 Å². The van der Waals surface area contributed by atoms with Crippen LogP contribution in [0.5, 0.6) is 5.75 Å². The first-order chi connectivity index (χ1) is 17.1. The number of rotatable bonds is 4. The topological polar surface area (TPSA) is 128 Å². The standard InChI is InChI=1S/C24H27N9O2/c1-35-22-10-17(14-33-23(22)18(11-26)12-29-33)19-13-28-32(15-19)21-3-7-30(8-4-21)24(34)31-9-6-27-20(16-31)2-5-25/h10,12-15,20-21,27H,2-4,6-9,16H2,1H3. The Labute approximate surface area is 203 Å². The summed E-state index contributed by atoms with van der Waals surface area (Å²) in [5, 5.41) is 30.5. The molecule has 180 valence electrons. The first-order valence-electron chi connectivity index (χ1n) is 11.8. The van der Waals surface area contributed by atoms with Gasteiger partial charge < -0.3 is 19.9 Å². The predicted molar refractivity (Wildman–Crippen MR) is 127 cm³/mol. The van der Waals surface area contributed by atoms with Crippen molar-refractivity contribution in [3.63, 3.8) is 0 Å². The van der Waals surface area contributed by atoms with Crippen LogP contribution >= 0.6 is 0 Å². The number of ether oxygens (including phenoxy) is 1. The van der Waals surface area contributed by atoms with Gasteiger partial charge in [-0.15, -0.1) is 0 Å². The fourth-order valence-corrected chi connectivity index (χ4v) is 4.93. The number of pyridine rings is 1. The molecule has 5 heterocycles. The van der Waals surface area contributed by atoms with Crippen LogP contribution in [0.25, 0.3) is 16.6 Å². The lowest BCUT2D eigenvalue weighted by atomic mass is 10.1. The second kappa shape index (κ2) is 9.65. The number of piperazine rings is 1. The predicted octanol–water partition coefficient (Wildman–Crippen LogP) is 2.02. The van der Waals surface area contributed by atoms with Crippen LogP contribution in [0, 0.1) is 22.7 Å². The molecule has 0 spiro atoms. The average Bonchev–Trinajstić information content (AvgIpc) is 3.56. The Bertz CT molecular complexity index is 1310. The zero-order valence-corrected chi connectivity index (χ0v) is 19.6. The monoisotopic (exact) mass is 473 g/mol. The van der Waals surface area contributed by atoms with Gasteiger partial charge in [-0.3, -0.25) is 4.68 Å². The molecular formula is C24H27N9O2. The first kappa shape index (κ1) is 22.7. The highest BCUT2D eigenvalue weighted by Gasteiger charge is 2.30. The Kier molecular flexibility index (Phi) is 6.25. The Hall–Kier alpha value is -4.09. The third kappa shape index (κ3) is 4.38. The van der Waals surface area contributed by atoms with Crippen LogP contribution < -0.4 is 10.1 Å². The third-order valence-corrected chi connectivity index (χ3v) is 6.82. The molecule has 0 aliphatic carbocycles. The number of hydrogen-bond donors (Lipinski definition) is 1. The van der Waals surface area contributed by atoms with Crippen LogP contribution in [-0.2, 0) is 0 Å². The maximum absolute atomic E-state index is 13.0. The van der Waals surface area contributed by atoms with Crippen molar-refractivity contribution < 1.29 is 9.53 Å². The van der Waals surface area contributed by atoms with Gasteiger partial charge in [0.05, 0.1) is 38.0 Å². The number of likely N-dealkylation sites (tertiary alicyclic amines) is 1. The summed E-state index contributed by atoms with van der Waals surface area (Å²) in [5.74, 6) is 0.584. The largest absolute Gasteiger partial charge is 0.494 e. The van der Waals surface area contributed by atoms with E-state index in [4.69, 9.17) is 10.00 Å². The number of urea groups is 1. The molecule has 0 bridgehead atoms. The normalized spacial score (nSPS) is 18.9. The van der Waals surface area contributed by atoms with E-state index in [9.17, 15) is 10.1 Å². The van der Waals surface area contributed by atoms with Crippen molar-refractivity contribution in [3.05, 3.63) is 36.4 Å². The number of hydrogen-bond acceptors (Lipinski definition) is 7. The molecular weight excluding hydrogens is 446 g/mol. The third-order valence-electron chi connectivity index (χ3n) is 6.82. The zero-order chi connectivity index (χ0) is 24.4. The second-order valence-electron chi connectivity index (χ2n) is 8.93. The summed E-state index contributed by atoms with van der Waals surface area (Å²) in [7, 11) is 1.58. The van der Waals surface area contributed by atoms with Crippen LogP contribution in [0.15, 0.2) is 30.9 Å². The van der Waals surface area contributed by atoms with Gasteiger partial charge in [0.15, 0.2) is 0 Å². The van der Waals surface area contributed by atoms with Gasteiger partial charge in [0.2, 0.25) is 0 Å². The van der Waals surface area contributed by atoms with Crippen LogP contribution in [0.1, 0.15) is 30.9 Å². The van der Waals surface area contributed by atoms with Gasteiger partial charge in [-0.25, -0.2) is 9.31 Å². The molecule has 2 amide bonds. The van der Waals surface area contributed by atoms with Gasteiger partial charge in [0.1, 0.15) is 22.9 Å². The van der Waals surface area contributed by atoms with Crippen molar-refractivity contribution in [2.75, 3.05) is 39.8 Å². The number of amides is 2. The summed E-state index contributed by atoms with van der Waals surface area (Å²) in [6.07, 6.45) is 9.30. The number of nitriles is 2. The highest BCUT2D eigenvalue weighted by atomic mass is 16.5. The fraction of sp³-hybridized carbons (Fsp3) is 0.458. The van der Waals surface area contributed by atoms with E-state index in [1.54, 1.807) is 11.6 Å². The molecule has 2 fully saturated rings. The Balaban J connectivity index is 1.25. The SMILES string of the molecule is COc1cc(-c2cnn(C3CCN(C(=O)N4CCNC(CC#N)C4)CC3)c2)cn2ncc(C#N)c12. The maximum atomic E-state index is 13.0. The molecule has 0 radical (unpaired) electrons. The van der Waals surface area contributed by atoms with Gasteiger partial charge in [0, 0.05) is 62.3 Å². The van der Waals surface area contributed by atoms with Crippen molar-refractivity contribution in [1.29, 1.82) is 10.5 Å². The molecule has 1 atom stereocenters. The number of nitrogens with zero attached hydrogens (tertiary/aromatic N) is 8. The Morgan fingerprint density at radius 1 is 1.14 bits per heavy atom. The zero-order valence-electron chi connectivity index (χ0n) is 19.6. The summed E-state index contributed by atoms with van der Waals surface area (Å²) >= 11 is 0. The molecule has 3 aromatic heterocycles. The van der Waals surface area contributed by atoms with E-state index in [1.165, 1.54) is 6.20 Å². The first-order valence-corrected chi connectivity index (χ1v) is 11.8. The molecule has 11 heteroatoms. The van der Waals surface area contributed by atoms with Crippen molar-refractivity contribution in [2.24, 2.45) is 0 Å². The van der Waals surface area contributed by atoms with E-state index >= 15 is 0 Å². The Morgan fingerprint density at radius 2 is 1.97 bits per heavy atom. The molecule has 2 aliphatic rings. The molecule has 0 saturated carbocycles. The highest BCUT2D eigenvalue weighted by Crippen LogP contribution is 2.31. The lowest BCUT2D eigenvalue weighted by molar-refractivity contribution is 0.119. The van der Waals surface area contributed by atoms with E-state index < -0.39 is 0 Å². The Morgan fingerprint density at radius 3 is 2.71 bits per heavy atom. The average molecular weight is 474 g/mol. The van der Waals surface area contributed by atoms with Gasteiger partial charge in [0.25, 0.3) is 0 Å². The van der Waals surface area contributed by atoms with Crippen LogP contribution in [-0.4, -0.2) is 81.1 Å². The molecule has 11 nitrogen and oxygen atoms in total. The van der Waals surface area contributed by atoms with Crippen molar-refractivity contribution in [3.8, 4) is 29.0 Å². The minimum Gasteiger partial charge on any atom is -0.494 e. The number of nitrogens with one attached hydrogen (secondary N) is 1. The molecule has 2 aliphatic heterocycles. The number of aromatic nitrogens is 4. The summed E-state index contributed by atoms with van der Waals surface area (Å²) in [4.78, 5) is 16.8. The number of piperidine rings is 1. The number of methoxy groups -OCH3 is 1. The van der Waals surface area contributed by atoms with Crippen LogP contribution in [0.4, 0.5) is 4.79 Å². The molecule has 2 saturated heterocycles. The molecule has 0 aromatic carbocycles. The number of fused-ring (bicyclic) bond motifs is 1. The van der Waals surface area contributed by atoms with E-state index in [2.05, 4.69) is 27.7 Å². The quantitative estimate of drug-likeness (QED) is 0.614. The lowest BCUT2D eigenvalue weighted by Gasteiger charge is -2.39. The molecule has 1 unspecified atom stereocenters. The summed E-state index contributed by atoms with van der Waals surface area (Å²) in [5.41, 5.74) is 2.94. The van der Waals surface area contributed by atoms with E-state index in [0.29, 0.717) is 49.4 Å². The van der Waals surface area contributed by atoms with E-state index in [1.807, 2.05) is 39.1 Å². The summed E-state index contributed by atoms with van der Waals surface area (Å²) in [6, 6.07) is 6.54. The summed E-state index contributed by atoms with van der Waals surface area (Å²) in [6.45, 7) is 3.32. The lowest BCUT2D eigenvalue weighted by Crippen LogP contribution is -2.56. The molecule has 3 aromatic rings. The van der Waals surface area contributed by atoms with Gasteiger partial charge >= 0.3 is 6.03 Å².